The van der Waals surface area contributed by atoms with Crippen LogP contribution in [0.5, 0.6) is 0 Å². The van der Waals surface area contributed by atoms with Crippen LogP contribution in [0.1, 0.15) is 19.3 Å². The van der Waals surface area contributed by atoms with E-state index in [0.717, 1.165) is 0 Å². The predicted molar refractivity (Wildman–Crippen MR) is 32.9 cm³/mol. The van der Waals surface area contributed by atoms with Gasteiger partial charge in [-0.25, -0.2) is 0 Å². The molecule has 0 spiro atoms. The van der Waals surface area contributed by atoms with Crippen LogP contribution in [0.2, 0.25) is 0 Å². The maximum absolute atomic E-state index is 11.7. The molecule has 1 heterocycles. The molecule has 1 fully saturated rings. The van der Waals surface area contributed by atoms with E-state index in [4.69, 9.17) is 4.74 Å². The third kappa shape index (κ3) is 3.60. The fourth-order valence-electron chi connectivity index (χ4n) is 1.01. The lowest BCUT2D eigenvalue weighted by molar-refractivity contribution is -0.163. The van der Waals surface area contributed by atoms with Crippen molar-refractivity contribution in [3.8, 4) is 0 Å². The molecule has 0 aromatic rings. The Balaban J connectivity index is 2.24. The second kappa shape index (κ2) is 3.43. The molecule has 1 aliphatic rings. The first-order valence-electron chi connectivity index (χ1n) is 3.47. The molecule has 0 aromatic carbocycles. The lowest BCUT2D eigenvalue weighted by atomic mass is 10.1. The van der Waals surface area contributed by atoms with Crippen molar-refractivity contribution in [1.82, 2.24) is 0 Å². The van der Waals surface area contributed by atoms with Gasteiger partial charge >= 0.3 is 6.18 Å². The zero-order chi connectivity index (χ0) is 8.32. The second-order valence-corrected chi connectivity index (χ2v) is 2.52. The van der Waals surface area contributed by atoms with Crippen molar-refractivity contribution in [2.24, 2.45) is 0 Å². The van der Waals surface area contributed by atoms with Gasteiger partial charge in [-0.2, -0.15) is 13.2 Å². The first-order chi connectivity index (χ1) is 5.08. The highest BCUT2D eigenvalue weighted by atomic mass is 19.4. The molecule has 2 radical (unpaired) electrons. The van der Waals surface area contributed by atoms with Gasteiger partial charge in [-0.05, 0) is 19.3 Å². The van der Waals surface area contributed by atoms with Crippen molar-refractivity contribution in [2.75, 3.05) is 6.61 Å². The SMILES string of the molecule is FC(F)(F)CC1C[C]CCO1. The number of hydrogen-bond acceptors (Lipinski definition) is 1. The Kier molecular flexibility index (Phi) is 2.76. The summed E-state index contributed by atoms with van der Waals surface area (Å²) >= 11 is 0. The van der Waals surface area contributed by atoms with Crippen LogP contribution in [0.3, 0.4) is 0 Å². The molecule has 0 aromatic heterocycles. The van der Waals surface area contributed by atoms with E-state index < -0.39 is 18.7 Å². The van der Waals surface area contributed by atoms with E-state index in [1.54, 1.807) is 0 Å². The lowest BCUT2D eigenvalue weighted by Crippen LogP contribution is -2.26. The summed E-state index contributed by atoms with van der Waals surface area (Å²) in [6.07, 6.45) is -1.86. The predicted octanol–water partition coefficient (Wildman–Crippen LogP) is 2.20. The van der Waals surface area contributed by atoms with Crippen LogP contribution in [0.25, 0.3) is 0 Å². The first-order valence-corrected chi connectivity index (χ1v) is 3.47. The molecule has 1 saturated heterocycles. The number of hydrogen-bond donors (Lipinski definition) is 0. The van der Waals surface area contributed by atoms with Gasteiger partial charge in [0.2, 0.25) is 0 Å². The van der Waals surface area contributed by atoms with Gasteiger partial charge < -0.3 is 4.74 Å². The molecule has 1 unspecified atom stereocenters. The van der Waals surface area contributed by atoms with Crippen LogP contribution in [0.4, 0.5) is 13.2 Å². The summed E-state index contributed by atoms with van der Waals surface area (Å²) < 4.78 is 40.1. The quantitative estimate of drug-likeness (QED) is 0.580. The molecule has 1 aliphatic heterocycles. The molecule has 1 rings (SSSR count). The van der Waals surface area contributed by atoms with Crippen molar-refractivity contribution in [1.29, 1.82) is 0 Å². The molecule has 0 bridgehead atoms. The summed E-state index contributed by atoms with van der Waals surface area (Å²) in [5.74, 6) is 0. The van der Waals surface area contributed by atoms with Crippen LogP contribution in [0.15, 0.2) is 0 Å². The number of ether oxygens (including phenoxy) is 1. The van der Waals surface area contributed by atoms with Crippen LogP contribution in [-0.4, -0.2) is 18.9 Å². The fourth-order valence-corrected chi connectivity index (χ4v) is 1.01. The third-order valence-corrected chi connectivity index (χ3v) is 1.46. The van der Waals surface area contributed by atoms with Crippen LogP contribution in [0, 0.1) is 6.42 Å². The molecule has 0 saturated carbocycles. The molecule has 4 heteroatoms. The molecular formula is C7H9F3O. The van der Waals surface area contributed by atoms with Crippen LogP contribution < -0.4 is 0 Å². The van der Waals surface area contributed by atoms with Gasteiger partial charge in [0.15, 0.2) is 0 Å². The minimum absolute atomic E-state index is 0.305. The molecule has 0 aliphatic carbocycles. The molecule has 1 nitrogen and oxygen atoms in total. The molecule has 11 heavy (non-hydrogen) atoms. The lowest BCUT2D eigenvalue weighted by Gasteiger charge is -2.22. The normalized spacial score (nSPS) is 27.0. The Morgan fingerprint density at radius 3 is 2.64 bits per heavy atom. The van der Waals surface area contributed by atoms with E-state index in [-0.39, 0.29) is 0 Å². The average Bonchev–Trinajstić information content (AvgIpc) is 1.85. The zero-order valence-electron chi connectivity index (χ0n) is 5.95. The summed E-state index contributed by atoms with van der Waals surface area (Å²) in [5.41, 5.74) is 0. The molecular weight excluding hydrogens is 157 g/mol. The first kappa shape index (κ1) is 8.84. The Hall–Kier alpha value is -0.250. The minimum atomic E-state index is -4.11. The summed E-state index contributed by atoms with van der Waals surface area (Å²) in [7, 11) is 0. The monoisotopic (exact) mass is 166 g/mol. The van der Waals surface area contributed by atoms with Crippen molar-refractivity contribution in [3.05, 3.63) is 6.42 Å². The highest BCUT2D eigenvalue weighted by Gasteiger charge is 2.33. The van der Waals surface area contributed by atoms with E-state index in [1.807, 2.05) is 0 Å². The topological polar surface area (TPSA) is 9.23 Å². The van der Waals surface area contributed by atoms with E-state index in [2.05, 4.69) is 6.42 Å². The minimum Gasteiger partial charge on any atom is -0.378 e. The van der Waals surface area contributed by atoms with Crippen molar-refractivity contribution < 1.29 is 17.9 Å². The highest BCUT2D eigenvalue weighted by Crippen LogP contribution is 2.26. The largest absolute Gasteiger partial charge is 0.391 e. The molecule has 0 amide bonds. The highest BCUT2D eigenvalue weighted by molar-refractivity contribution is 4.77. The zero-order valence-corrected chi connectivity index (χ0v) is 5.95. The van der Waals surface area contributed by atoms with E-state index in [9.17, 15) is 13.2 Å². The van der Waals surface area contributed by atoms with Gasteiger partial charge in [0.05, 0.1) is 12.5 Å². The number of halogens is 3. The summed E-state index contributed by atoms with van der Waals surface area (Å²) in [4.78, 5) is 0. The van der Waals surface area contributed by atoms with E-state index in [1.165, 1.54) is 0 Å². The van der Waals surface area contributed by atoms with E-state index in [0.29, 0.717) is 19.4 Å². The maximum atomic E-state index is 11.7. The Labute approximate surface area is 63.5 Å². The second-order valence-electron chi connectivity index (χ2n) is 2.52. The number of rotatable bonds is 1. The fraction of sp³-hybridized carbons (Fsp3) is 0.857. The Bertz CT molecular complexity index is 115. The number of alkyl halides is 3. The standard InChI is InChI=1S/C7H9F3O/c8-7(9,10)5-6-3-1-2-4-11-6/h6H,2-5H2. The summed E-state index contributed by atoms with van der Waals surface area (Å²) in [6, 6.07) is 0. The van der Waals surface area contributed by atoms with Gasteiger partial charge in [0.25, 0.3) is 0 Å². The Morgan fingerprint density at radius 1 is 1.45 bits per heavy atom. The molecule has 0 N–H and O–H groups in total. The van der Waals surface area contributed by atoms with Gasteiger partial charge in [-0.3, -0.25) is 0 Å². The van der Waals surface area contributed by atoms with E-state index >= 15 is 0 Å². The third-order valence-electron chi connectivity index (χ3n) is 1.46. The van der Waals surface area contributed by atoms with Gasteiger partial charge in [-0.15, -0.1) is 0 Å². The van der Waals surface area contributed by atoms with Crippen LogP contribution in [-0.2, 0) is 4.74 Å². The maximum Gasteiger partial charge on any atom is 0.391 e. The molecule has 64 valence electrons. The van der Waals surface area contributed by atoms with Crippen LogP contribution >= 0.6 is 0 Å². The summed E-state index contributed by atoms with van der Waals surface area (Å²) in [5, 5.41) is 0. The van der Waals surface area contributed by atoms with Gasteiger partial charge in [0.1, 0.15) is 0 Å². The van der Waals surface area contributed by atoms with Gasteiger partial charge in [0, 0.05) is 6.61 Å². The Morgan fingerprint density at radius 2 is 2.18 bits per heavy atom. The molecule has 1 atom stereocenters. The van der Waals surface area contributed by atoms with Crippen molar-refractivity contribution in [2.45, 2.75) is 31.5 Å². The average molecular weight is 166 g/mol. The summed E-state index contributed by atoms with van der Waals surface area (Å²) in [6.45, 7) is 0.376. The van der Waals surface area contributed by atoms with Gasteiger partial charge in [-0.1, -0.05) is 0 Å². The van der Waals surface area contributed by atoms with Crippen molar-refractivity contribution >= 4 is 0 Å². The van der Waals surface area contributed by atoms with Crippen molar-refractivity contribution in [3.63, 3.8) is 0 Å². The smallest absolute Gasteiger partial charge is 0.378 e.